The van der Waals surface area contributed by atoms with Gasteiger partial charge in [-0.3, -0.25) is 9.52 Å². The molecule has 0 radical (unpaired) electrons. The first-order chi connectivity index (χ1) is 12.4. The zero-order chi connectivity index (χ0) is 18.5. The molecule has 0 unspecified atom stereocenters. The number of carbonyl (C=O) groups excluding carboxylic acids is 1. The lowest BCUT2D eigenvalue weighted by Crippen LogP contribution is -2.25. The van der Waals surface area contributed by atoms with Crippen LogP contribution in [-0.2, 0) is 10.0 Å². The van der Waals surface area contributed by atoms with Crippen LogP contribution in [0.3, 0.4) is 0 Å². The van der Waals surface area contributed by atoms with Gasteiger partial charge in [0.2, 0.25) is 0 Å². The molecule has 1 heterocycles. The molecule has 0 fully saturated rings. The standard InChI is InChI=1S/C19H15FN2O3S/c1-2-22-16-10-11-17(14-4-3-5-15(18(14)16)19(22)23)26(24,25)21-13-8-6-12(20)7-9-13/h3-11,21H,2H2,1H3. The highest BCUT2D eigenvalue weighted by Gasteiger charge is 2.31. The first-order valence-electron chi connectivity index (χ1n) is 8.08. The maximum absolute atomic E-state index is 13.0. The number of rotatable bonds is 4. The van der Waals surface area contributed by atoms with Crippen LogP contribution in [0.25, 0.3) is 10.8 Å². The van der Waals surface area contributed by atoms with Gasteiger partial charge in [-0.15, -0.1) is 0 Å². The lowest BCUT2D eigenvalue weighted by molar-refractivity contribution is 0.0994. The Morgan fingerprint density at radius 2 is 1.77 bits per heavy atom. The lowest BCUT2D eigenvalue weighted by Gasteiger charge is -2.15. The third-order valence-electron chi connectivity index (χ3n) is 4.45. The molecule has 5 nitrogen and oxygen atoms in total. The Bertz CT molecular complexity index is 1140. The summed E-state index contributed by atoms with van der Waals surface area (Å²) in [5.41, 5.74) is 1.47. The molecule has 7 heteroatoms. The fourth-order valence-corrected chi connectivity index (χ4v) is 4.56. The number of amides is 1. The van der Waals surface area contributed by atoms with Gasteiger partial charge in [-0.2, -0.15) is 0 Å². The van der Waals surface area contributed by atoms with E-state index in [0.717, 1.165) is 0 Å². The van der Waals surface area contributed by atoms with Crippen molar-refractivity contribution in [2.45, 2.75) is 11.8 Å². The quantitative estimate of drug-likeness (QED) is 0.760. The fraction of sp³-hybridized carbons (Fsp3) is 0.105. The third-order valence-corrected chi connectivity index (χ3v) is 5.89. The molecule has 1 aliphatic heterocycles. The largest absolute Gasteiger partial charge is 0.308 e. The van der Waals surface area contributed by atoms with Gasteiger partial charge in [-0.05, 0) is 49.4 Å². The molecule has 3 aromatic rings. The van der Waals surface area contributed by atoms with E-state index in [-0.39, 0.29) is 16.5 Å². The minimum absolute atomic E-state index is 0.0770. The molecular weight excluding hydrogens is 355 g/mol. The third kappa shape index (κ3) is 2.43. The second-order valence-electron chi connectivity index (χ2n) is 5.97. The van der Waals surface area contributed by atoms with Crippen LogP contribution in [0.15, 0.2) is 59.5 Å². The number of carbonyl (C=O) groups is 1. The molecule has 1 aliphatic rings. The SMILES string of the molecule is CCN1C(=O)c2cccc3c(S(=O)(=O)Nc4ccc(F)cc4)ccc1c23. The molecule has 0 aromatic heterocycles. The Balaban J connectivity index is 1.87. The fourth-order valence-electron chi connectivity index (χ4n) is 3.30. The Labute approximate surface area is 150 Å². The molecule has 0 spiro atoms. The normalized spacial score (nSPS) is 13.5. The van der Waals surface area contributed by atoms with Gasteiger partial charge in [0.1, 0.15) is 5.82 Å². The predicted molar refractivity (Wildman–Crippen MR) is 98.5 cm³/mol. The van der Waals surface area contributed by atoms with E-state index in [1.807, 2.05) is 6.92 Å². The highest BCUT2D eigenvalue weighted by atomic mass is 32.2. The second kappa shape index (κ2) is 5.81. The van der Waals surface area contributed by atoms with E-state index in [1.165, 1.54) is 30.3 Å². The summed E-state index contributed by atoms with van der Waals surface area (Å²) in [5, 5.41) is 1.13. The van der Waals surface area contributed by atoms with E-state index in [9.17, 15) is 17.6 Å². The summed E-state index contributed by atoms with van der Waals surface area (Å²) in [5.74, 6) is -0.578. The number of hydrogen-bond acceptors (Lipinski definition) is 3. The summed E-state index contributed by atoms with van der Waals surface area (Å²) in [6.45, 7) is 2.37. The van der Waals surface area contributed by atoms with Gasteiger partial charge in [0, 0.05) is 28.6 Å². The highest BCUT2D eigenvalue weighted by molar-refractivity contribution is 7.93. The van der Waals surface area contributed by atoms with Crippen molar-refractivity contribution >= 4 is 38.1 Å². The number of nitrogens with zero attached hydrogens (tertiary/aromatic N) is 1. The smallest absolute Gasteiger partial charge is 0.262 e. The lowest BCUT2D eigenvalue weighted by atomic mass is 10.1. The number of sulfonamides is 1. The van der Waals surface area contributed by atoms with Gasteiger partial charge in [0.15, 0.2) is 0 Å². The number of hydrogen-bond donors (Lipinski definition) is 1. The summed E-state index contributed by atoms with van der Waals surface area (Å²) in [6, 6.07) is 13.3. The van der Waals surface area contributed by atoms with Crippen molar-refractivity contribution in [1.29, 1.82) is 0 Å². The Kier molecular flexibility index (Phi) is 3.69. The van der Waals surface area contributed by atoms with Gasteiger partial charge in [0.05, 0.1) is 10.6 Å². The number of anilines is 2. The summed E-state index contributed by atoms with van der Waals surface area (Å²) >= 11 is 0. The number of benzene rings is 3. The van der Waals surface area contributed by atoms with Crippen molar-refractivity contribution < 1.29 is 17.6 Å². The number of nitrogens with one attached hydrogen (secondary N) is 1. The predicted octanol–water partition coefficient (Wildman–Crippen LogP) is 3.76. The van der Waals surface area contributed by atoms with Crippen LogP contribution in [0, 0.1) is 5.82 Å². The minimum Gasteiger partial charge on any atom is -0.308 e. The van der Waals surface area contributed by atoms with Crippen molar-refractivity contribution in [3.8, 4) is 0 Å². The molecule has 0 bridgehead atoms. The summed E-state index contributed by atoms with van der Waals surface area (Å²) < 4.78 is 41.2. The van der Waals surface area contributed by atoms with E-state index >= 15 is 0 Å². The number of halogens is 1. The molecule has 0 atom stereocenters. The monoisotopic (exact) mass is 370 g/mol. The van der Waals surface area contributed by atoms with Crippen molar-refractivity contribution in [2.24, 2.45) is 0 Å². The first kappa shape index (κ1) is 16.5. The Hall–Kier alpha value is -2.93. The van der Waals surface area contributed by atoms with Crippen LogP contribution in [0.2, 0.25) is 0 Å². The van der Waals surface area contributed by atoms with Gasteiger partial charge in [-0.1, -0.05) is 12.1 Å². The van der Waals surface area contributed by atoms with Gasteiger partial charge in [0.25, 0.3) is 15.9 Å². The molecule has 132 valence electrons. The van der Waals surface area contributed by atoms with Crippen molar-refractivity contribution in [3.63, 3.8) is 0 Å². The zero-order valence-corrected chi connectivity index (χ0v) is 14.7. The van der Waals surface area contributed by atoms with E-state index in [1.54, 1.807) is 29.2 Å². The van der Waals surface area contributed by atoms with E-state index in [2.05, 4.69) is 4.72 Å². The van der Waals surface area contributed by atoms with Crippen molar-refractivity contribution in [2.75, 3.05) is 16.2 Å². The van der Waals surface area contributed by atoms with Crippen LogP contribution in [0.5, 0.6) is 0 Å². The molecular formula is C19H15FN2O3S. The maximum atomic E-state index is 13.0. The molecule has 1 N–H and O–H groups in total. The average Bonchev–Trinajstić information content (AvgIpc) is 2.90. The second-order valence-corrected chi connectivity index (χ2v) is 7.62. The summed E-state index contributed by atoms with van der Waals surface area (Å²) in [6.07, 6.45) is 0. The average molecular weight is 370 g/mol. The van der Waals surface area contributed by atoms with Gasteiger partial charge < -0.3 is 4.90 Å². The maximum Gasteiger partial charge on any atom is 0.262 e. The molecule has 4 rings (SSSR count). The Morgan fingerprint density at radius 1 is 1.04 bits per heavy atom. The van der Waals surface area contributed by atoms with Crippen LogP contribution in [0.4, 0.5) is 15.8 Å². The van der Waals surface area contributed by atoms with Gasteiger partial charge >= 0.3 is 0 Å². The molecule has 26 heavy (non-hydrogen) atoms. The van der Waals surface area contributed by atoms with Crippen LogP contribution >= 0.6 is 0 Å². The minimum atomic E-state index is -3.90. The zero-order valence-electron chi connectivity index (χ0n) is 13.9. The summed E-state index contributed by atoms with van der Waals surface area (Å²) in [4.78, 5) is 14.2. The highest BCUT2D eigenvalue weighted by Crippen LogP contribution is 2.40. The topological polar surface area (TPSA) is 66.5 Å². The molecule has 3 aromatic carbocycles. The molecule has 0 saturated carbocycles. The van der Waals surface area contributed by atoms with Crippen molar-refractivity contribution in [3.05, 3.63) is 66.0 Å². The van der Waals surface area contributed by atoms with Gasteiger partial charge in [-0.25, -0.2) is 12.8 Å². The molecule has 0 aliphatic carbocycles. The first-order valence-corrected chi connectivity index (χ1v) is 9.56. The Morgan fingerprint density at radius 3 is 2.46 bits per heavy atom. The van der Waals surface area contributed by atoms with Crippen LogP contribution in [-0.4, -0.2) is 20.9 Å². The van der Waals surface area contributed by atoms with E-state index in [0.29, 0.717) is 28.6 Å². The van der Waals surface area contributed by atoms with Crippen LogP contribution < -0.4 is 9.62 Å². The summed E-state index contributed by atoms with van der Waals surface area (Å²) in [7, 11) is -3.90. The van der Waals surface area contributed by atoms with E-state index in [4.69, 9.17) is 0 Å². The van der Waals surface area contributed by atoms with E-state index < -0.39 is 15.8 Å². The molecule has 1 amide bonds. The van der Waals surface area contributed by atoms with Crippen molar-refractivity contribution in [1.82, 2.24) is 0 Å². The van der Waals surface area contributed by atoms with Crippen LogP contribution in [0.1, 0.15) is 17.3 Å². The molecule has 0 saturated heterocycles.